The second-order valence-corrected chi connectivity index (χ2v) is 10.9. The Morgan fingerprint density at radius 3 is 2.62 bits per heavy atom. The molecule has 4 heterocycles. The van der Waals surface area contributed by atoms with E-state index in [1.807, 2.05) is 66.7 Å². The van der Waals surface area contributed by atoms with Crippen LogP contribution in [0.25, 0.3) is 11.3 Å². The lowest BCUT2D eigenvalue weighted by Crippen LogP contribution is -2.65. The number of amidine groups is 1. The van der Waals surface area contributed by atoms with E-state index in [-0.39, 0.29) is 23.8 Å². The van der Waals surface area contributed by atoms with E-state index in [2.05, 4.69) is 22.1 Å². The van der Waals surface area contributed by atoms with Crippen LogP contribution in [0.1, 0.15) is 31.7 Å². The van der Waals surface area contributed by atoms with Crippen LogP contribution < -0.4 is 5.32 Å². The molecule has 9 heteroatoms. The number of aliphatic imine (C=N–C) groups is 1. The minimum atomic E-state index is -0.823. The largest absolute Gasteiger partial charge is 0.361 e. The highest BCUT2D eigenvalue weighted by Crippen LogP contribution is 2.44. The van der Waals surface area contributed by atoms with Crippen molar-refractivity contribution in [1.29, 1.82) is 0 Å². The normalized spacial score (nSPS) is 27.2. The summed E-state index contributed by atoms with van der Waals surface area (Å²) in [7, 11) is 1.83. The number of nitrogens with zero attached hydrogens (tertiary/aromatic N) is 6. The van der Waals surface area contributed by atoms with Crippen molar-refractivity contribution in [2.24, 2.45) is 16.0 Å². The fourth-order valence-corrected chi connectivity index (χ4v) is 6.46. The summed E-state index contributed by atoms with van der Waals surface area (Å²) in [6.45, 7) is 2.52. The van der Waals surface area contributed by atoms with Crippen molar-refractivity contribution >= 4 is 23.4 Å². The van der Waals surface area contributed by atoms with Crippen LogP contribution in [0.5, 0.6) is 0 Å². The van der Waals surface area contributed by atoms with Gasteiger partial charge in [-0.05, 0) is 56.0 Å². The van der Waals surface area contributed by atoms with Crippen LogP contribution >= 0.6 is 0 Å². The molecule has 3 aromatic rings. The molecule has 1 saturated heterocycles. The summed E-state index contributed by atoms with van der Waals surface area (Å²) in [6, 6.07) is 21.1. The summed E-state index contributed by atoms with van der Waals surface area (Å²) >= 11 is 0. The first-order chi connectivity index (χ1) is 18.9. The third kappa shape index (κ3) is 3.71. The number of hydrogen-bond donors (Lipinski definition) is 1. The molecule has 39 heavy (non-hydrogen) atoms. The van der Waals surface area contributed by atoms with Gasteiger partial charge in [-0.15, -0.1) is 0 Å². The fraction of sp³-hybridized carbons (Fsp3) is 0.333. The minimum Gasteiger partial charge on any atom is -0.361 e. The molecule has 1 aliphatic carbocycles. The van der Waals surface area contributed by atoms with Gasteiger partial charge in [0.15, 0.2) is 0 Å². The van der Waals surface area contributed by atoms with Gasteiger partial charge in [-0.3, -0.25) is 24.6 Å². The quantitative estimate of drug-likeness (QED) is 0.532. The number of halogens is 1. The van der Waals surface area contributed by atoms with Crippen molar-refractivity contribution in [2.75, 3.05) is 12.4 Å². The van der Waals surface area contributed by atoms with E-state index >= 15 is 0 Å². The van der Waals surface area contributed by atoms with Crippen molar-refractivity contribution in [2.45, 2.75) is 50.5 Å². The molecule has 4 aliphatic rings. The number of benzene rings is 2. The monoisotopic (exact) mass is 523 g/mol. The molecule has 0 spiro atoms. The molecule has 1 saturated carbocycles. The molecule has 198 valence electrons. The highest BCUT2D eigenvalue weighted by molar-refractivity contribution is 6.21. The number of carbonyl (C=O) groups is 1. The van der Waals surface area contributed by atoms with Crippen LogP contribution in [0.4, 0.5) is 10.1 Å². The van der Waals surface area contributed by atoms with E-state index in [4.69, 9.17) is 10.1 Å². The lowest BCUT2D eigenvalue weighted by Gasteiger charge is -2.44. The molecule has 2 aromatic carbocycles. The third-order valence-electron chi connectivity index (χ3n) is 8.47. The molecule has 0 bridgehead atoms. The number of anilines is 1. The maximum atomic E-state index is 14.3. The van der Waals surface area contributed by atoms with Crippen LogP contribution in [0, 0.1) is 11.7 Å². The zero-order valence-corrected chi connectivity index (χ0v) is 22.0. The first kappa shape index (κ1) is 23.8. The molecule has 2 unspecified atom stereocenters. The number of carbonyl (C=O) groups excluding carboxylic acids is 1. The molecule has 1 amide bonds. The van der Waals surface area contributed by atoms with Crippen LogP contribution in [-0.4, -0.2) is 62.3 Å². The van der Waals surface area contributed by atoms with E-state index in [1.165, 1.54) is 6.07 Å². The van der Waals surface area contributed by atoms with Gasteiger partial charge < -0.3 is 5.32 Å². The van der Waals surface area contributed by atoms with Crippen LogP contribution in [0.15, 0.2) is 83.0 Å². The molecule has 2 fully saturated rings. The summed E-state index contributed by atoms with van der Waals surface area (Å²) in [6.07, 6.45) is 4.80. The minimum absolute atomic E-state index is 0.0156. The zero-order chi connectivity index (χ0) is 26.7. The van der Waals surface area contributed by atoms with E-state index in [0.717, 1.165) is 42.3 Å². The van der Waals surface area contributed by atoms with Gasteiger partial charge in [0.1, 0.15) is 28.9 Å². The van der Waals surface area contributed by atoms with Crippen LogP contribution in [0.3, 0.4) is 0 Å². The maximum absolute atomic E-state index is 14.3. The Bertz CT molecular complexity index is 1490. The summed E-state index contributed by atoms with van der Waals surface area (Å²) < 4.78 is 14.3. The number of hydrazone groups is 1. The van der Waals surface area contributed by atoms with E-state index < -0.39 is 11.6 Å². The number of fused-ring (bicyclic) bond motifs is 5. The Morgan fingerprint density at radius 2 is 1.85 bits per heavy atom. The smallest absolute Gasteiger partial charge is 0.244 e. The number of guanidine groups is 1. The Balaban J connectivity index is 1.26. The van der Waals surface area contributed by atoms with Crippen LogP contribution in [0.2, 0.25) is 0 Å². The standard InChI is InChI=1S/C30H30FN7O/c1-30(34-21-8-4-3-5-9-21)25-27(38-24-12-6-11-23(24)33-29(38)36(2)28(25)39)35-37(30)18-19-13-15-20(16-14-19)26-22(31)10-7-17-32-26/h3-5,7-10,13-17,23-25,34H,6,11-12,18H2,1-2H3/t23-,24+,25?,30?/m1/s1. The van der Waals surface area contributed by atoms with Crippen LogP contribution in [-0.2, 0) is 11.3 Å². The molecule has 0 radical (unpaired) electrons. The first-order valence-electron chi connectivity index (χ1n) is 13.5. The fourth-order valence-electron chi connectivity index (χ4n) is 6.46. The van der Waals surface area contributed by atoms with E-state index in [1.54, 1.807) is 17.2 Å². The molecule has 4 atom stereocenters. The Kier molecular flexibility index (Phi) is 5.43. The Hall–Kier alpha value is -4.27. The number of amides is 1. The van der Waals surface area contributed by atoms with Crippen molar-refractivity contribution in [3.05, 3.63) is 84.3 Å². The summed E-state index contributed by atoms with van der Waals surface area (Å²) in [5.41, 5.74) is 2.13. The van der Waals surface area contributed by atoms with Gasteiger partial charge in [-0.2, -0.15) is 5.10 Å². The summed E-state index contributed by atoms with van der Waals surface area (Å²) in [5.74, 6) is 0.608. The summed E-state index contributed by atoms with van der Waals surface area (Å²) in [5, 5.41) is 10.8. The number of aromatic nitrogens is 1. The number of rotatable bonds is 5. The van der Waals surface area contributed by atoms with Gasteiger partial charge in [-0.25, -0.2) is 9.38 Å². The number of pyridine rings is 1. The second-order valence-electron chi connectivity index (χ2n) is 10.9. The van der Waals surface area contributed by atoms with Crippen molar-refractivity contribution in [1.82, 2.24) is 19.8 Å². The van der Waals surface area contributed by atoms with Crippen molar-refractivity contribution < 1.29 is 9.18 Å². The Morgan fingerprint density at radius 1 is 1.05 bits per heavy atom. The number of hydrogen-bond acceptors (Lipinski definition) is 7. The lowest BCUT2D eigenvalue weighted by molar-refractivity contribution is -0.132. The highest BCUT2D eigenvalue weighted by atomic mass is 19.1. The molecular weight excluding hydrogens is 493 g/mol. The third-order valence-corrected chi connectivity index (χ3v) is 8.47. The number of para-hydroxylation sites is 1. The van der Waals surface area contributed by atoms with Gasteiger partial charge in [0, 0.05) is 24.5 Å². The van der Waals surface area contributed by atoms with E-state index in [0.29, 0.717) is 17.8 Å². The lowest BCUT2D eigenvalue weighted by atomic mass is 9.88. The average Bonchev–Trinajstić information content (AvgIpc) is 3.61. The van der Waals surface area contributed by atoms with E-state index in [9.17, 15) is 9.18 Å². The predicted molar refractivity (Wildman–Crippen MR) is 148 cm³/mol. The zero-order valence-electron chi connectivity index (χ0n) is 22.0. The molecule has 3 aliphatic heterocycles. The van der Waals surface area contributed by atoms with Gasteiger partial charge >= 0.3 is 0 Å². The Labute approximate surface area is 226 Å². The predicted octanol–water partition coefficient (Wildman–Crippen LogP) is 4.53. The molecule has 1 N–H and O–H groups in total. The first-order valence-corrected chi connectivity index (χ1v) is 13.5. The van der Waals surface area contributed by atoms with Crippen molar-refractivity contribution in [3.8, 4) is 11.3 Å². The van der Waals surface area contributed by atoms with Gasteiger partial charge in [-0.1, -0.05) is 42.5 Å². The van der Waals surface area contributed by atoms with Gasteiger partial charge in [0.05, 0.1) is 18.6 Å². The summed E-state index contributed by atoms with van der Waals surface area (Å²) in [4.78, 5) is 27.0. The van der Waals surface area contributed by atoms with Crippen molar-refractivity contribution in [3.63, 3.8) is 0 Å². The van der Waals surface area contributed by atoms with Gasteiger partial charge in [0.25, 0.3) is 0 Å². The topological polar surface area (TPSA) is 76.4 Å². The SMILES string of the molecule is CN1C(=O)C2C(=NN(Cc3ccc(-c4ncccc4F)cc3)C2(C)Nc2ccccc2)N2C1=N[C@@H]1CCC[C@@H]12. The average molecular weight is 524 g/mol. The highest BCUT2D eigenvalue weighted by Gasteiger charge is 2.61. The molecule has 7 rings (SSSR count). The van der Waals surface area contributed by atoms with Gasteiger partial charge in [0.2, 0.25) is 11.9 Å². The number of nitrogens with one attached hydrogen (secondary N) is 1. The molecule has 1 aromatic heterocycles. The molecule has 8 nitrogen and oxygen atoms in total. The maximum Gasteiger partial charge on any atom is 0.244 e. The second kappa shape index (κ2) is 8.90. The molecular formula is C30H30FN7O.